The molecule has 7 nitrogen and oxygen atoms in total. The number of furan rings is 1. The standard InChI is InChI=1S/C24H21ClN4O3/c25-18-5-2-1-4-17(18)22-27-19-8-7-16(14-20(19)28-22)26-23(30)15-9-11-29(12-10-15)24(31)21-6-3-13-32-21/h1-8,13-15H,9-12H2,(H,26,30)(H,27,28). The summed E-state index contributed by atoms with van der Waals surface area (Å²) in [4.78, 5) is 34.8. The molecule has 1 fully saturated rings. The zero-order chi connectivity index (χ0) is 22.1. The van der Waals surface area contributed by atoms with E-state index in [9.17, 15) is 9.59 Å². The van der Waals surface area contributed by atoms with Crippen LogP contribution < -0.4 is 5.32 Å². The highest BCUT2D eigenvalue weighted by molar-refractivity contribution is 6.33. The van der Waals surface area contributed by atoms with Crippen molar-refractivity contribution < 1.29 is 14.0 Å². The Kier molecular flexibility index (Phi) is 5.41. The Bertz CT molecular complexity index is 1270. The van der Waals surface area contributed by atoms with Gasteiger partial charge in [-0.1, -0.05) is 23.7 Å². The number of aromatic amines is 1. The molecule has 1 saturated heterocycles. The van der Waals surface area contributed by atoms with Crippen LogP contribution in [0.15, 0.2) is 65.3 Å². The Labute approximate surface area is 189 Å². The predicted molar refractivity (Wildman–Crippen MR) is 123 cm³/mol. The smallest absolute Gasteiger partial charge is 0.289 e. The van der Waals surface area contributed by atoms with Gasteiger partial charge in [0.2, 0.25) is 5.91 Å². The molecular weight excluding hydrogens is 428 g/mol. The van der Waals surface area contributed by atoms with Gasteiger partial charge in [-0.2, -0.15) is 0 Å². The number of amides is 2. The number of piperidine rings is 1. The fourth-order valence-electron chi connectivity index (χ4n) is 4.01. The van der Waals surface area contributed by atoms with Crippen LogP contribution in [0.2, 0.25) is 5.02 Å². The number of imidazole rings is 1. The van der Waals surface area contributed by atoms with Crippen molar-refractivity contribution in [3.8, 4) is 11.4 Å². The molecule has 0 aliphatic carbocycles. The van der Waals surface area contributed by atoms with Crippen LogP contribution in [-0.4, -0.2) is 39.8 Å². The van der Waals surface area contributed by atoms with Crippen LogP contribution in [0.25, 0.3) is 22.4 Å². The van der Waals surface area contributed by atoms with E-state index in [2.05, 4.69) is 15.3 Å². The summed E-state index contributed by atoms with van der Waals surface area (Å²) in [7, 11) is 0. The van der Waals surface area contributed by atoms with Gasteiger partial charge < -0.3 is 19.6 Å². The van der Waals surface area contributed by atoms with Crippen molar-refractivity contribution in [2.45, 2.75) is 12.8 Å². The third-order valence-corrected chi connectivity index (χ3v) is 6.09. The SMILES string of the molecule is O=C(Nc1ccc2nc(-c3ccccc3Cl)[nH]c2c1)C1CCN(C(=O)c2ccco2)CC1. The number of carbonyl (C=O) groups excluding carboxylic acids is 2. The van der Waals surface area contributed by atoms with Gasteiger partial charge in [-0.15, -0.1) is 0 Å². The van der Waals surface area contributed by atoms with E-state index in [1.165, 1.54) is 6.26 Å². The Morgan fingerprint density at radius 1 is 1.09 bits per heavy atom. The van der Waals surface area contributed by atoms with E-state index in [1.54, 1.807) is 17.0 Å². The van der Waals surface area contributed by atoms with E-state index in [0.29, 0.717) is 48.2 Å². The number of benzene rings is 2. The van der Waals surface area contributed by atoms with Crippen LogP contribution in [0.4, 0.5) is 5.69 Å². The third-order valence-electron chi connectivity index (χ3n) is 5.76. The molecule has 2 aromatic carbocycles. The van der Waals surface area contributed by atoms with Crippen LogP contribution in [0.1, 0.15) is 23.4 Å². The largest absolute Gasteiger partial charge is 0.459 e. The number of hydrogen-bond acceptors (Lipinski definition) is 4. The summed E-state index contributed by atoms with van der Waals surface area (Å²) in [5.41, 5.74) is 3.14. The highest BCUT2D eigenvalue weighted by Crippen LogP contribution is 2.28. The molecule has 0 bridgehead atoms. The first-order valence-corrected chi connectivity index (χ1v) is 10.8. The molecule has 2 N–H and O–H groups in total. The van der Waals surface area contributed by atoms with E-state index in [-0.39, 0.29) is 17.7 Å². The molecule has 8 heteroatoms. The summed E-state index contributed by atoms with van der Waals surface area (Å²) in [6.45, 7) is 1.05. The Hall–Kier alpha value is -3.58. The summed E-state index contributed by atoms with van der Waals surface area (Å²) in [5, 5.41) is 3.62. The van der Waals surface area contributed by atoms with Crippen molar-refractivity contribution in [3.63, 3.8) is 0 Å². The quantitative estimate of drug-likeness (QED) is 0.461. The van der Waals surface area contributed by atoms with Crippen molar-refractivity contribution in [2.75, 3.05) is 18.4 Å². The van der Waals surface area contributed by atoms with Gasteiger partial charge in [-0.3, -0.25) is 9.59 Å². The average molecular weight is 449 g/mol. The number of nitrogens with one attached hydrogen (secondary N) is 2. The lowest BCUT2D eigenvalue weighted by molar-refractivity contribution is -0.121. The van der Waals surface area contributed by atoms with Crippen molar-refractivity contribution in [1.82, 2.24) is 14.9 Å². The molecule has 1 aliphatic rings. The second kappa shape index (κ2) is 8.51. The summed E-state index contributed by atoms with van der Waals surface area (Å²) in [6, 6.07) is 16.4. The molecule has 2 aromatic heterocycles. The van der Waals surface area contributed by atoms with Crippen LogP contribution in [0, 0.1) is 5.92 Å². The number of H-pyrrole nitrogens is 1. The topological polar surface area (TPSA) is 91.2 Å². The van der Waals surface area contributed by atoms with Crippen molar-refractivity contribution in [3.05, 3.63) is 71.6 Å². The van der Waals surface area contributed by atoms with Gasteiger partial charge >= 0.3 is 0 Å². The van der Waals surface area contributed by atoms with Crippen molar-refractivity contribution >= 4 is 40.1 Å². The maximum absolute atomic E-state index is 12.8. The first kappa shape index (κ1) is 20.3. The number of halogens is 1. The molecule has 0 radical (unpaired) electrons. The highest BCUT2D eigenvalue weighted by atomic mass is 35.5. The zero-order valence-electron chi connectivity index (χ0n) is 17.2. The van der Waals surface area contributed by atoms with Crippen LogP contribution in [-0.2, 0) is 4.79 Å². The van der Waals surface area contributed by atoms with Gasteiger partial charge in [0.05, 0.1) is 22.3 Å². The van der Waals surface area contributed by atoms with E-state index in [4.69, 9.17) is 16.0 Å². The lowest BCUT2D eigenvalue weighted by atomic mass is 9.95. The minimum absolute atomic E-state index is 0.0414. The number of hydrogen-bond donors (Lipinski definition) is 2. The Morgan fingerprint density at radius 3 is 2.66 bits per heavy atom. The first-order chi connectivity index (χ1) is 15.6. The van der Waals surface area contributed by atoms with E-state index in [0.717, 1.165) is 16.6 Å². The lowest BCUT2D eigenvalue weighted by Gasteiger charge is -2.30. The second-order valence-electron chi connectivity index (χ2n) is 7.83. The monoisotopic (exact) mass is 448 g/mol. The molecule has 0 saturated carbocycles. The van der Waals surface area contributed by atoms with Gasteiger partial charge in [0.15, 0.2) is 5.76 Å². The molecule has 32 heavy (non-hydrogen) atoms. The van der Waals surface area contributed by atoms with E-state index >= 15 is 0 Å². The van der Waals surface area contributed by atoms with Crippen LogP contribution in [0.3, 0.4) is 0 Å². The molecule has 2 amide bonds. The van der Waals surface area contributed by atoms with E-state index < -0.39 is 0 Å². The maximum Gasteiger partial charge on any atom is 0.289 e. The summed E-state index contributed by atoms with van der Waals surface area (Å²) in [5.74, 6) is 0.694. The first-order valence-electron chi connectivity index (χ1n) is 10.5. The minimum Gasteiger partial charge on any atom is -0.459 e. The van der Waals surface area contributed by atoms with Crippen molar-refractivity contribution in [2.24, 2.45) is 5.92 Å². The molecule has 1 aliphatic heterocycles. The second-order valence-corrected chi connectivity index (χ2v) is 8.24. The number of carbonyl (C=O) groups is 2. The molecule has 0 spiro atoms. The maximum atomic E-state index is 12.8. The highest BCUT2D eigenvalue weighted by Gasteiger charge is 2.28. The van der Waals surface area contributed by atoms with Crippen LogP contribution >= 0.6 is 11.6 Å². The minimum atomic E-state index is -0.146. The Morgan fingerprint density at radius 2 is 1.91 bits per heavy atom. The van der Waals surface area contributed by atoms with Gasteiger partial charge in [0, 0.05) is 30.3 Å². The fourth-order valence-corrected chi connectivity index (χ4v) is 4.24. The average Bonchev–Trinajstić information content (AvgIpc) is 3.49. The molecule has 3 heterocycles. The number of nitrogens with zero attached hydrogens (tertiary/aromatic N) is 2. The number of likely N-dealkylation sites (tertiary alicyclic amines) is 1. The summed E-state index contributed by atoms with van der Waals surface area (Å²) >= 11 is 6.28. The zero-order valence-corrected chi connectivity index (χ0v) is 17.9. The number of fused-ring (bicyclic) bond motifs is 1. The van der Waals surface area contributed by atoms with Crippen LogP contribution in [0.5, 0.6) is 0 Å². The Balaban J connectivity index is 1.24. The summed E-state index contributed by atoms with van der Waals surface area (Å²) < 4.78 is 5.19. The van der Waals surface area contributed by atoms with Gasteiger partial charge in [-0.05, 0) is 55.3 Å². The molecule has 0 unspecified atom stereocenters. The number of anilines is 1. The summed E-state index contributed by atoms with van der Waals surface area (Å²) in [6.07, 6.45) is 2.71. The molecule has 5 rings (SSSR count). The molecule has 162 valence electrons. The molecule has 0 atom stereocenters. The normalized spacial score (nSPS) is 14.6. The fraction of sp³-hybridized carbons (Fsp3) is 0.208. The van der Waals surface area contributed by atoms with Gasteiger partial charge in [-0.25, -0.2) is 4.98 Å². The van der Waals surface area contributed by atoms with E-state index in [1.807, 2.05) is 42.5 Å². The number of rotatable bonds is 4. The predicted octanol–water partition coefficient (Wildman–Crippen LogP) is 4.97. The number of aromatic nitrogens is 2. The molecular formula is C24H21ClN4O3. The van der Waals surface area contributed by atoms with Gasteiger partial charge in [0.25, 0.3) is 5.91 Å². The van der Waals surface area contributed by atoms with Gasteiger partial charge in [0.1, 0.15) is 5.82 Å². The van der Waals surface area contributed by atoms with Crippen molar-refractivity contribution in [1.29, 1.82) is 0 Å². The third kappa shape index (κ3) is 3.99. The molecule has 4 aromatic rings. The lowest BCUT2D eigenvalue weighted by Crippen LogP contribution is -2.41.